The van der Waals surface area contributed by atoms with Gasteiger partial charge in [0.15, 0.2) is 11.6 Å². The molecule has 0 bridgehead atoms. The van der Waals surface area contributed by atoms with Crippen molar-refractivity contribution < 1.29 is 9.13 Å². The number of ether oxygens (including phenoxy) is 1. The summed E-state index contributed by atoms with van der Waals surface area (Å²) in [5.74, 6) is 0.825. The van der Waals surface area contributed by atoms with E-state index in [2.05, 4.69) is 6.92 Å². The van der Waals surface area contributed by atoms with E-state index in [1.807, 2.05) is 6.07 Å². The van der Waals surface area contributed by atoms with Crippen molar-refractivity contribution in [1.29, 1.82) is 0 Å². The van der Waals surface area contributed by atoms with Gasteiger partial charge in [0.05, 0.1) is 7.11 Å². The van der Waals surface area contributed by atoms with Gasteiger partial charge in [0.25, 0.3) is 0 Å². The largest absolute Gasteiger partial charge is 0.494 e. The lowest BCUT2D eigenvalue weighted by atomic mass is 9.68. The van der Waals surface area contributed by atoms with Crippen molar-refractivity contribution in [1.82, 2.24) is 0 Å². The van der Waals surface area contributed by atoms with E-state index in [4.69, 9.17) is 10.5 Å². The van der Waals surface area contributed by atoms with Crippen LogP contribution in [0.5, 0.6) is 5.75 Å². The van der Waals surface area contributed by atoms with Crippen LogP contribution in [0.2, 0.25) is 0 Å². The van der Waals surface area contributed by atoms with Crippen LogP contribution in [0.15, 0.2) is 18.2 Å². The van der Waals surface area contributed by atoms with Crippen molar-refractivity contribution in [3.63, 3.8) is 0 Å². The fourth-order valence-electron chi connectivity index (χ4n) is 3.08. The van der Waals surface area contributed by atoms with Gasteiger partial charge < -0.3 is 10.5 Å². The molecule has 0 amide bonds. The number of nitrogens with two attached hydrogens (primary N) is 1. The van der Waals surface area contributed by atoms with Crippen LogP contribution >= 0.6 is 0 Å². The van der Waals surface area contributed by atoms with Crippen LogP contribution < -0.4 is 10.5 Å². The van der Waals surface area contributed by atoms with Crippen molar-refractivity contribution in [2.45, 2.75) is 39.0 Å². The van der Waals surface area contributed by atoms with Crippen LogP contribution in [0.4, 0.5) is 4.39 Å². The average molecular weight is 265 g/mol. The van der Waals surface area contributed by atoms with Gasteiger partial charge in [0.1, 0.15) is 0 Å². The highest BCUT2D eigenvalue weighted by Gasteiger charge is 2.33. The molecule has 1 aliphatic carbocycles. The third kappa shape index (κ3) is 3.27. The molecule has 1 saturated carbocycles. The van der Waals surface area contributed by atoms with E-state index in [1.54, 1.807) is 12.1 Å². The van der Waals surface area contributed by atoms with Crippen molar-refractivity contribution >= 4 is 0 Å². The standard InChI is InChI=1S/C16H24FNO/c1-12-5-7-16(11-18,8-6-12)10-13-3-4-15(19-2)14(17)9-13/h3-4,9,12H,5-8,10-11,18H2,1-2H3. The second-order valence-electron chi connectivity index (χ2n) is 6.03. The third-order valence-corrected chi connectivity index (χ3v) is 4.56. The van der Waals surface area contributed by atoms with E-state index in [9.17, 15) is 4.39 Å². The molecule has 2 N–H and O–H groups in total. The molecular formula is C16H24FNO. The highest BCUT2D eigenvalue weighted by molar-refractivity contribution is 5.30. The maximum atomic E-state index is 13.7. The minimum absolute atomic E-state index is 0.160. The molecule has 0 atom stereocenters. The SMILES string of the molecule is COc1ccc(CC2(CN)CCC(C)CC2)cc1F. The Hall–Kier alpha value is -1.09. The quantitative estimate of drug-likeness (QED) is 0.904. The van der Waals surface area contributed by atoms with E-state index in [0.29, 0.717) is 12.3 Å². The monoisotopic (exact) mass is 265 g/mol. The Balaban J connectivity index is 2.12. The normalized spacial score (nSPS) is 27.3. The van der Waals surface area contributed by atoms with E-state index < -0.39 is 0 Å². The van der Waals surface area contributed by atoms with Crippen LogP contribution in [0.3, 0.4) is 0 Å². The molecule has 0 spiro atoms. The fourth-order valence-corrected chi connectivity index (χ4v) is 3.08. The lowest BCUT2D eigenvalue weighted by molar-refractivity contribution is 0.163. The van der Waals surface area contributed by atoms with Gasteiger partial charge in [-0.05, 0) is 54.8 Å². The predicted octanol–water partition coefficient (Wildman–Crippen LogP) is 3.53. The lowest BCUT2D eigenvalue weighted by Crippen LogP contribution is -2.36. The first-order chi connectivity index (χ1) is 9.08. The highest BCUT2D eigenvalue weighted by Crippen LogP contribution is 2.40. The summed E-state index contributed by atoms with van der Waals surface area (Å²) in [5, 5.41) is 0. The molecule has 0 radical (unpaired) electrons. The fraction of sp³-hybridized carbons (Fsp3) is 0.625. The molecule has 1 fully saturated rings. The topological polar surface area (TPSA) is 35.2 Å². The van der Waals surface area contributed by atoms with Crippen molar-refractivity contribution in [3.05, 3.63) is 29.6 Å². The summed E-state index contributed by atoms with van der Waals surface area (Å²) < 4.78 is 18.7. The van der Waals surface area contributed by atoms with Crippen LogP contribution in [0.1, 0.15) is 38.2 Å². The molecule has 1 aliphatic rings. The number of benzene rings is 1. The number of halogens is 1. The van der Waals surface area contributed by atoms with Crippen molar-refractivity contribution in [2.75, 3.05) is 13.7 Å². The van der Waals surface area contributed by atoms with Crippen LogP contribution in [0.25, 0.3) is 0 Å². The zero-order chi connectivity index (χ0) is 13.9. The summed E-state index contributed by atoms with van der Waals surface area (Å²) in [4.78, 5) is 0. The molecular weight excluding hydrogens is 241 g/mol. The molecule has 3 heteroatoms. The number of methoxy groups -OCH3 is 1. The molecule has 0 unspecified atom stereocenters. The minimum Gasteiger partial charge on any atom is -0.494 e. The molecule has 1 aromatic carbocycles. The van der Waals surface area contributed by atoms with Gasteiger partial charge in [0, 0.05) is 0 Å². The molecule has 0 saturated heterocycles. The van der Waals surface area contributed by atoms with Gasteiger partial charge in [0.2, 0.25) is 0 Å². The summed E-state index contributed by atoms with van der Waals surface area (Å²) >= 11 is 0. The van der Waals surface area contributed by atoms with Gasteiger partial charge >= 0.3 is 0 Å². The second kappa shape index (κ2) is 5.91. The Bertz CT molecular complexity index is 425. The average Bonchev–Trinajstić information content (AvgIpc) is 2.42. The Morgan fingerprint density at radius 2 is 2.05 bits per heavy atom. The summed E-state index contributed by atoms with van der Waals surface area (Å²) in [6.45, 7) is 2.99. The first-order valence-corrected chi connectivity index (χ1v) is 7.11. The van der Waals surface area contributed by atoms with Crippen LogP contribution in [-0.2, 0) is 6.42 Å². The van der Waals surface area contributed by atoms with Crippen LogP contribution in [0, 0.1) is 17.2 Å². The van der Waals surface area contributed by atoms with Crippen molar-refractivity contribution in [2.24, 2.45) is 17.1 Å². The lowest BCUT2D eigenvalue weighted by Gasteiger charge is -2.39. The summed E-state index contributed by atoms with van der Waals surface area (Å²) in [5.41, 5.74) is 7.19. The zero-order valence-corrected chi connectivity index (χ0v) is 11.9. The molecule has 2 rings (SSSR count). The first-order valence-electron chi connectivity index (χ1n) is 7.11. The van der Waals surface area contributed by atoms with Crippen molar-refractivity contribution in [3.8, 4) is 5.75 Å². The smallest absolute Gasteiger partial charge is 0.165 e. The third-order valence-electron chi connectivity index (χ3n) is 4.56. The Labute approximate surface area is 115 Å². The Morgan fingerprint density at radius 1 is 1.37 bits per heavy atom. The number of hydrogen-bond donors (Lipinski definition) is 1. The summed E-state index contributed by atoms with van der Waals surface area (Å²) in [7, 11) is 1.49. The maximum Gasteiger partial charge on any atom is 0.165 e. The minimum atomic E-state index is -0.281. The van der Waals surface area contributed by atoms with Gasteiger partial charge in [-0.25, -0.2) is 4.39 Å². The molecule has 19 heavy (non-hydrogen) atoms. The molecule has 0 aromatic heterocycles. The number of hydrogen-bond acceptors (Lipinski definition) is 2. The molecule has 106 valence electrons. The zero-order valence-electron chi connectivity index (χ0n) is 11.9. The van der Waals surface area contributed by atoms with Gasteiger partial charge in [-0.15, -0.1) is 0 Å². The van der Waals surface area contributed by atoms with Gasteiger partial charge in [-0.2, -0.15) is 0 Å². The molecule has 0 heterocycles. The summed E-state index contributed by atoms with van der Waals surface area (Å²) in [6, 6.07) is 5.26. The second-order valence-corrected chi connectivity index (χ2v) is 6.03. The van der Waals surface area contributed by atoms with E-state index in [1.165, 1.54) is 20.0 Å². The van der Waals surface area contributed by atoms with Gasteiger partial charge in [-0.3, -0.25) is 0 Å². The summed E-state index contributed by atoms with van der Waals surface area (Å²) in [6.07, 6.45) is 5.64. The Kier molecular flexibility index (Phi) is 4.46. The Morgan fingerprint density at radius 3 is 2.58 bits per heavy atom. The number of rotatable bonds is 4. The highest BCUT2D eigenvalue weighted by atomic mass is 19.1. The van der Waals surface area contributed by atoms with E-state index >= 15 is 0 Å². The van der Waals surface area contributed by atoms with Gasteiger partial charge in [-0.1, -0.05) is 25.8 Å². The first kappa shape index (κ1) is 14.3. The van der Waals surface area contributed by atoms with E-state index in [-0.39, 0.29) is 11.2 Å². The maximum absolute atomic E-state index is 13.7. The molecule has 1 aromatic rings. The van der Waals surface area contributed by atoms with Crippen LogP contribution in [-0.4, -0.2) is 13.7 Å². The molecule has 2 nitrogen and oxygen atoms in total. The molecule has 0 aliphatic heterocycles. The van der Waals surface area contributed by atoms with E-state index in [0.717, 1.165) is 30.7 Å². The predicted molar refractivity (Wildman–Crippen MR) is 75.8 cm³/mol.